The molecule has 0 radical (unpaired) electrons. The van der Waals surface area contributed by atoms with E-state index < -0.39 is 10.0 Å². The number of benzene rings is 1. The highest BCUT2D eigenvalue weighted by atomic mass is 32.3. The molecule has 2 aromatic heterocycles. The van der Waals surface area contributed by atoms with E-state index in [-0.39, 0.29) is 5.41 Å². The maximum Gasteiger partial charge on any atom is 0.0584 e. The maximum atomic E-state index is 2.63. The highest BCUT2D eigenvalue weighted by molar-refractivity contribution is 8.34. The number of hydrogen-bond acceptors (Lipinski definition) is 2. The summed E-state index contributed by atoms with van der Waals surface area (Å²) in [4.78, 5) is 11.1. The van der Waals surface area contributed by atoms with Crippen LogP contribution in [0.1, 0.15) is 117 Å². The van der Waals surface area contributed by atoms with Crippen LogP contribution in [-0.4, -0.2) is 5.75 Å². The third-order valence-corrected chi connectivity index (χ3v) is 14.3. The van der Waals surface area contributed by atoms with E-state index in [9.17, 15) is 0 Å². The molecule has 0 saturated heterocycles. The lowest BCUT2D eigenvalue weighted by Crippen LogP contribution is -2.15. The topological polar surface area (TPSA) is 0 Å². The molecule has 0 aliphatic carbocycles. The molecule has 0 spiro atoms. The molecule has 3 aromatic rings. The fourth-order valence-electron chi connectivity index (χ4n) is 5.15. The van der Waals surface area contributed by atoms with Crippen LogP contribution in [0.25, 0.3) is 9.75 Å². The van der Waals surface area contributed by atoms with Gasteiger partial charge in [0.1, 0.15) is 0 Å². The average molecular weight is 559 g/mol. The van der Waals surface area contributed by atoms with Gasteiger partial charge in [0.25, 0.3) is 0 Å². The molecule has 1 aromatic carbocycles. The van der Waals surface area contributed by atoms with E-state index in [0.717, 1.165) is 5.92 Å². The zero-order chi connectivity index (χ0) is 27.8. The van der Waals surface area contributed by atoms with Crippen molar-refractivity contribution in [2.45, 2.75) is 135 Å². The zero-order valence-electron chi connectivity index (χ0n) is 25.7. The third kappa shape index (κ3) is 6.76. The number of fused-ring (bicyclic) bond motifs is 3. The molecular weight excluding hydrogens is 505 g/mol. The quantitative estimate of drug-likeness (QED) is 0.245. The van der Waals surface area contributed by atoms with Crippen molar-refractivity contribution in [3.05, 3.63) is 51.7 Å². The molecule has 0 amide bonds. The minimum Gasteiger partial charge on any atom is -0.157 e. The van der Waals surface area contributed by atoms with Crippen LogP contribution in [0, 0.1) is 12.8 Å². The van der Waals surface area contributed by atoms with Crippen LogP contribution in [-0.2, 0) is 11.8 Å². The summed E-state index contributed by atoms with van der Waals surface area (Å²) in [5.41, 5.74) is 1.68. The van der Waals surface area contributed by atoms with E-state index in [1.165, 1.54) is 54.7 Å². The summed E-state index contributed by atoms with van der Waals surface area (Å²) in [6.45, 7) is 24.5. The molecule has 1 aliphatic rings. The van der Waals surface area contributed by atoms with Crippen molar-refractivity contribution >= 4 is 32.7 Å². The molecule has 3 heterocycles. The summed E-state index contributed by atoms with van der Waals surface area (Å²) in [5.74, 6) is 2.10. The predicted molar refractivity (Wildman–Crippen MR) is 175 cm³/mol. The van der Waals surface area contributed by atoms with Crippen LogP contribution in [0.15, 0.2) is 51.1 Å². The van der Waals surface area contributed by atoms with E-state index in [4.69, 9.17) is 0 Å². The molecule has 208 valence electrons. The largest absolute Gasteiger partial charge is 0.157 e. The lowest BCUT2D eigenvalue weighted by Gasteiger charge is -2.41. The number of hydrogen-bond donors (Lipinski definition) is 0. The Morgan fingerprint density at radius 3 is 1.95 bits per heavy atom. The Balaban J connectivity index is 0.00000115. The van der Waals surface area contributed by atoms with Crippen molar-refractivity contribution in [1.82, 2.24) is 0 Å². The van der Waals surface area contributed by atoms with Gasteiger partial charge in [-0.15, -0.1) is 22.7 Å². The fraction of sp³-hybridized carbons (Fsp3) is 0.588. The molecule has 0 nitrogen and oxygen atoms in total. The molecule has 2 atom stereocenters. The number of thiophene rings is 2. The van der Waals surface area contributed by atoms with Gasteiger partial charge in [0, 0.05) is 19.5 Å². The molecular formula is C34H54S3. The Labute approximate surface area is 239 Å². The van der Waals surface area contributed by atoms with Crippen LogP contribution < -0.4 is 0 Å². The SMILES string of the molecule is CC.CC.CCCCC(CC)CS1(c2ccc(CCC)cc2)c2cc(C)sc2-c2sc(C(C)(C)C)cc21. The van der Waals surface area contributed by atoms with Gasteiger partial charge in [-0.1, -0.05) is 107 Å². The summed E-state index contributed by atoms with van der Waals surface area (Å²) in [5, 5.41) is 0. The lowest BCUT2D eigenvalue weighted by molar-refractivity contribution is 0.497. The van der Waals surface area contributed by atoms with Crippen LogP contribution in [0.5, 0.6) is 0 Å². The normalized spacial score (nSPS) is 18.5. The third-order valence-electron chi connectivity index (χ3n) is 7.11. The Morgan fingerprint density at radius 2 is 1.41 bits per heavy atom. The molecule has 4 rings (SSSR count). The van der Waals surface area contributed by atoms with Crippen LogP contribution in [0.3, 0.4) is 0 Å². The molecule has 3 heteroatoms. The second-order valence-electron chi connectivity index (χ2n) is 10.8. The van der Waals surface area contributed by atoms with Crippen LogP contribution in [0.2, 0.25) is 0 Å². The van der Waals surface area contributed by atoms with E-state index in [1.807, 2.05) is 39.0 Å². The first kappa shape index (κ1) is 32.2. The summed E-state index contributed by atoms with van der Waals surface area (Å²) in [6.07, 6.45) is 7.68. The van der Waals surface area contributed by atoms with E-state index >= 15 is 0 Å². The predicted octanol–water partition coefficient (Wildman–Crippen LogP) is 12.9. The van der Waals surface area contributed by atoms with Gasteiger partial charge in [0.15, 0.2) is 0 Å². The minimum atomic E-state index is -1.23. The molecule has 0 N–H and O–H groups in total. The first-order chi connectivity index (χ1) is 17.7. The second kappa shape index (κ2) is 14.4. The first-order valence-electron chi connectivity index (χ1n) is 14.9. The van der Waals surface area contributed by atoms with E-state index in [2.05, 4.69) is 96.2 Å². The number of rotatable bonds is 9. The zero-order valence-corrected chi connectivity index (χ0v) is 28.2. The minimum absolute atomic E-state index is 0.198. The van der Waals surface area contributed by atoms with Gasteiger partial charge in [0.05, 0.1) is 9.75 Å². The van der Waals surface area contributed by atoms with E-state index in [1.54, 1.807) is 29.3 Å². The molecule has 37 heavy (non-hydrogen) atoms. The van der Waals surface area contributed by atoms with Crippen molar-refractivity contribution in [2.75, 3.05) is 5.75 Å². The molecule has 0 bridgehead atoms. The Hall–Kier alpha value is -1.03. The van der Waals surface area contributed by atoms with Crippen LogP contribution in [0.4, 0.5) is 0 Å². The van der Waals surface area contributed by atoms with Crippen molar-refractivity contribution in [2.24, 2.45) is 5.92 Å². The molecule has 2 unspecified atom stereocenters. The van der Waals surface area contributed by atoms with Gasteiger partial charge in [-0.2, -0.15) is 10.0 Å². The van der Waals surface area contributed by atoms with Gasteiger partial charge in [-0.05, 0) is 71.6 Å². The summed E-state index contributed by atoms with van der Waals surface area (Å²) in [6, 6.07) is 15.1. The Bertz CT molecular complexity index is 1080. The second-order valence-corrected chi connectivity index (χ2v) is 16.3. The monoisotopic (exact) mass is 558 g/mol. The van der Waals surface area contributed by atoms with Gasteiger partial charge in [-0.3, -0.25) is 0 Å². The Morgan fingerprint density at radius 1 is 0.811 bits per heavy atom. The van der Waals surface area contributed by atoms with Gasteiger partial charge in [0.2, 0.25) is 0 Å². The summed E-state index contributed by atoms with van der Waals surface area (Å²) in [7, 11) is -1.23. The fourth-order valence-corrected chi connectivity index (χ4v) is 13.2. The number of aryl methyl sites for hydroxylation is 2. The highest BCUT2D eigenvalue weighted by Crippen LogP contribution is 2.79. The van der Waals surface area contributed by atoms with E-state index in [0.29, 0.717) is 0 Å². The average Bonchev–Trinajstić information content (AvgIpc) is 3.57. The first-order valence-corrected chi connectivity index (χ1v) is 18.3. The molecule has 0 fully saturated rings. The van der Waals surface area contributed by atoms with Crippen molar-refractivity contribution in [1.29, 1.82) is 0 Å². The van der Waals surface area contributed by atoms with Gasteiger partial charge in [-0.25, -0.2) is 0 Å². The standard InChI is InChI=1S/C30H42S3.2C2H6/c1-8-11-13-22(10-3)20-33(24-16-14-23(12-9-2)15-17-24)25-18-21(4)31-28(25)29-26(33)19-27(32-29)30(5,6)7;2*1-2/h14-19,22H,8-13,20H2,1-7H3;2*1-2H3. The van der Waals surface area contributed by atoms with Crippen molar-refractivity contribution < 1.29 is 0 Å². The smallest absolute Gasteiger partial charge is 0.0584 e. The van der Waals surface area contributed by atoms with Crippen LogP contribution >= 0.6 is 32.7 Å². The van der Waals surface area contributed by atoms with Gasteiger partial charge >= 0.3 is 0 Å². The maximum absolute atomic E-state index is 2.63. The molecule has 0 saturated carbocycles. The van der Waals surface area contributed by atoms with Crippen molar-refractivity contribution in [3.8, 4) is 9.75 Å². The summed E-state index contributed by atoms with van der Waals surface area (Å²) < 4.78 is 0. The molecule has 1 aliphatic heterocycles. The van der Waals surface area contributed by atoms with Crippen molar-refractivity contribution in [3.63, 3.8) is 0 Å². The van der Waals surface area contributed by atoms with Gasteiger partial charge < -0.3 is 0 Å². The summed E-state index contributed by atoms with van der Waals surface area (Å²) >= 11 is 4.11. The Kier molecular flexibility index (Phi) is 12.5. The lowest BCUT2D eigenvalue weighted by atomic mass is 9.95. The highest BCUT2D eigenvalue weighted by Gasteiger charge is 2.45. The number of unbranched alkanes of at least 4 members (excludes halogenated alkanes) is 1.